The molecule has 4 N–H and O–H groups in total. The number of methoxy groups -OCH3 is 1. The minimum atomic E-state index is -0.867. The van der Waals surface area contributed by atoms with Gasteiger partial charge in [-0.25, -0.2) is 0 Å². The number of hydrogen-bond donors (Lipinski definition) is 2. The number of carbonyl (C=O) groups is 2. The van der Waals surface area contributed by atoms with Crippen LogP contribution in [0.3, 0.4) is 0 Å². The topological polar surface area (TPSA) is 102 Å². The van der Waals surface area contributed by atoms with Gasteiger partial charge in [-0.3, -0.25) is 9.59 Å². The van der Waals surface area contributed by atoms with Gasteiger partial charge in [0, 0.05) is 20.2 Å². The molecule has 7 nitrogen and oxygen atoms in total. The molecule has 1 atom stereocenters. The largest absolute Gasteiger partial charge is 0.383 e. The zero-order valence-corrected chi connectivity index (χ0v) is 12.1. The number of hydrogen-bond acceptors (Lipinski definition) is 5. The number of carbonyl (C=O) groups excluding carboxylic acids is 2. The van der Waals surface area contributed by atoms with E-state index in [1.165, 1.54) is 0 Å². The highest BCUT2D eigenvalue weighted by Gasteiger charge is 2.22. The van der Waals surface area contributed by atoms with Gasteiger partial charge >= 0.3 is 0 Å². The second kappa shape index (κ2) is 9.71. The number of nitrogens with two attached hydrogens (primary N) is 2. The van der Waals surface area contributed by atoms with Crippen molar-refractivity contribution in [3.8, 4) is 0 Å². The van der Waals surface area contributed by atoms with Crippen LogP contribution in [0.4, 0.5) is 0 Å². The highest BCUT2D eigenvalue weighted by Crippen LogP contribution is 2.00. The van der Waals surface area contributed by atoms with Crippen LogP contribution >= 0.6 is 0 Å². The average molecular weight is 274 g/mol. The van der Waals surface area contributed by atoms with Gasteiger partial charge in [-0.15, -0.1) is 0 Å². The maximum Gasteiger partial charge on any atom is 0.240 e. The third-order valence-electron chi connectivity index (χ3n) is 2.65. The smallest absolute Gasteiger partial charge is 0.240 e. The van der Waals surface area contributed by atoms with Crippen LogP contribution < -0.4 is 11.5 Å². The number of ether oxygens (including phenoxy) is 1. The van der Waals surface area contributed by atoms with E-state index >= 15 is 0 Å². The summed E-state index contributed by atoms with van der Waals surface area (Å²) in [6.45, 7) is 2.38. The molecule has 7 heteroatoms. The Hall–Kier alpha value is -1.18. The molecule has 2 amide bonds. The zero-order chi connectivity index (χ0) is 14.8. The lowest BCUT2D eigenvalue weighted by Crippen LogP contribution is -2.47. The first-order valence-electron chi connectivity index (χ1n) is 6.34. The van der Waals surface area contributed by atoms with E-state index in [4.69, 9.17) is 16.2 Å². The van der Waals surface area contributed by atoms with Crippen molar-refractivity contribution in [1.29, 1.82) is 0 Å². The van der Waals surface area contributed by atoms with Crippen LogP contribution in [0.2, 0.25) is 0 Å². The maximum atomic E-state index is 12.1. The minimum absolute atomic E-state index is 0.129. The van der Waals surface area contributed by atoms with Crippen LogP contribution in [-0.4, -0.2) is 75.1 Å². The third-order valence-corrected chi connectivity index (χ3v) is 2.65. The van der Waals surface area contributed by atoms with Crippen molar-refractivity contribution in [3.63, 3.8) is 0 Å². The molecule has 0 rings (SSSR count). The van der Waals surface area contributed by atoms with E-state index in [9.17, 15) is 9.59 Å². The average Bonchev–Trinajstić information content (AvgIpc) is 2.31. The van der Waals surface area contributed by atoms with E-state index in [2.05, 4.69) is 0 Å². The molecule has 19 heavy (non-hydrogen) atoms. The van der Waals surface area contributed by atoms with Crippen molar-refractivity contribution in [1.82, 2.24) is 9.80 Å². The summed E-state index contributed by atoms with van der Waals surface area (Å²) >= 11 is 0. The fraction of sp³-hybridized carbons (Fsp3) is 0.833. The summed E-state index contributed by atoms with van der Waals surface area (Å²) in [7, 11) is 5.52. The summed E-state index contributed by atoms with van der Waals surface area (Å²) in [5, 5.41) is 0. The standard InChI is InChI=1S/C12H26N4O3/c1-15(2)5-4-6-16(7-8-19-3)12(18)10(13)9-11(14)17/h10H,4-9,13H2,1-3H3,(H2,14,17). The molecular weight excluding hydrogens is 248 g/mol. The maximum absolute atomic E-state index is 12.1. The van der Waals surface area contributed by atoms with Gasteiger partial charge in [-0.05, 0) is 27.1 Å². The van der Waals surface area contributed by atoms with Crippen molar-refractivity contribution in [2.45, 2.75) is 18.9 Å². The van der Waals surface area contributed by atoms with Crippen molar-refractivity contribution in [3.05, 3.63) is 0 Å². The fourth-order valence-electron chi connectivity index (χ4n) is 1.65. The first-order chi connectivity index (χ1) is 8.88. The zero-order valence-electron chi connectivity index (χ0n) is 12.1. The number of rotatable bonds is 10. The molecule has 0 saturated heterocycles. The van der Waals surface area contributed by atoms with Crippen LogP contribution in [0.15, 0.2) is 0 Å². The third kappa shape index (κ3) is 8.52. The Morgan fingerprint density at radius 1 is 1.21 bits per heavy atom. The van der Waals surface area contributed by atoms with Crippen molar-refractivity contribution < 1.29 is 14.3 Å². The van der Waals surface area contributed by atoms with Crippen LogP contribution in [0.5, 0.6) is 0 Å². The molecule has 0 spiro atoms. The first kappa shape index (κ1) is 17.8. The monoisotopic (exact) mass is 274 g/mol. The van der Waals surface area contributed by atoms with Gasteiger partial charge in [0.05, 0.1) is 19.1 Å². The van der Waals surface area contributed by atoms with Crippen LogP contribution in [0, 0.1) is 0 Å². The van der Waals surface area contributed by atoms with E-state index in [0.717, 1.165) is 13.0 Å². The Balaban J connectivity index is 4.36. The Labute approximate surface area is 114 Å². The number of primary amides is 1. The fourth-order valence-corrected chi connectivity index (χ4v) is 1.65. The molecule has 0 aliphatic heterocycles. The normalized spacial score (nSPS) is 12.5. The summed E-state index contributed by atoms with van der Waals surface area (Å²) in [6, 6.07) is -0.867. The predicted molar refractivity (Wildman–Crippen MR) is 73.4 cm³/mol. The predicted octanol–water partition coefficient (Wildman–Crippen LogP) is -1.38. The lowest BCUT2D eigenvalue weighted by molar-refractivity contribution is -0.135. The molecule has 1 unspecified atom stereocenters. The van der Waals surface area contributed by atoms with Crippen LogP contribution in [-0.2, 0) is 14.3 Å². The van der Waals surface area contributed by atoms with Gasteiger partial charge in [0.1, 0.15) is 0 Å². The summed E-state index contributed by atoms with van der Waals surface area (Å²) in [6.07, 6.45) is 0.710. The van der Waals surface area contributed by atoms with Gasteiger partial charge in [-0.1, -0.05) is 0 Å². The van der Waals surface area contributed by atoms with Gasteiger partial charge < -0.3 is 26.0 Å². The highest BCUT2D eigenvalue weighted by atomic mass is 16.5. The van der Waals surface area contributed by atoms with Gasteiger partial charge in [-0.2, -0.15) is 0 Å². The molecule has 0 aliphatic carbocycles. The Kier molecular flexibility index (Phi) is 9.11. The van der Waals surface area contributed by atoms with Crippen LogP contribution in [0.25, 0.3) is 0 Å². The SMILES string of the molecule is COCCN(CCCN(C)C)C(=O)C(N)CC(N)=O. The van der Waals surface area contributed by atoms with E-state index < -0.39 is 11.9 Å². The van der Waals surface area contributed by atoms with Gasteiger partial charge in [0.2, 0.25) is 11.8 Å². The second-order valence-corrected chi connectivity index (χ2v) is 4.75. The number of amides is 2. The molecule has 0 aromatic carbocycles. The molecule has 0 aromatic rings. The number of nitrogens with zero attached hydrogens (tertiary/aromatic N) is 2. The summed E-state index contributed by atoms with van der Waals surface area (Å²) in [4.78, 5) is 26.5. The van der Waals surface area contributed by atoms with Crippen LogP contribution in [0.1, 0.15) is 12.8 Å². The minimum Gasteiger partial charge on any atom is -0.383 e. The molecule has 0 bridgehead atoms. The van der Waals surface area contributed by atoms with Gasteiger partial charge in [0.25, 0.3) is 0 Å². The lowest BCUT2D eigenvalue weighted by atomic mass is 10.2. The highest BCUT2D eigenvalue weighted by molar-refractivity contribution is 5.87. The summed E-state index contributed by atoms with van der Waals surface area (Å²) < 4.78 is 4.97. The van der Waals surface area contributed by atoms with Crippen molar-refractivity contribution in [2.75, 3.05) is 47.4 Å². The molecule has 0 radical (unpaired) electrons. The van der Waals surface area contributed by atoms with Gasteiger partial charge in [0.15, 0.2) is 0 Å². The molecular formula is C12H26N4O3. The molecule has 0 aliphatic rings. The molecule has 0 fully saturated rings. The van der Waals surface area contributed by atoms with Crippen molar-refractivity contribution in [2.24, 2.45) is 11.5 Å². The summed E-state index contributed by atoms with van der Waals surface area (Å²) in [5.74, 6) is -0.824. The lowest BCUT2D eigenvalue weighted by Gasteiger charge is -2.25. The quantitative estimate of drug-likeness (QED) is 0.511. The second-order valence-electron chi connectivity index (χ2n) is 4.75. The Morgan fingerprint density at radius 2 is 1.84 bits per heavy atom. The molecule has 0 saturated carbocycles. The van der Waals surface area contributed by atoms with E-state index in [0.29, 0.717) is 19.7 Å². The van der Waals surface area contributed by atoms with E-state index in [-0.39, 0.29) is 12.3 Å². The molecule has 0 heterocycles. The Morgan fingerprint density at radius 3 is 2.32 bits per heavy atom. The molecule has 0 aromatic heterocycles. The van der Waals surface area contributed by atoms with E-state index in [1.807, 2.05) is 19.0 Å². The van der Waals surface area contributed by atoms with E-state index in [1.54, 1.807) is 12.0 Å². The van der Waals surface area contributed by atoms with Crippen molar-refractivity contribution >= 4 is 11.8 Å². The summed E-state index contributed by atoms with van der Waals surface area (Å²) in [5.41, 5.74) is 10.7. The molecule has 112 valence electrons. The first-order valence-corrected chi connectivity index (χ1v) is 6.34. The Bertz CT molecular complexity index is 284.